The maximum absolute atomic E-state index is 12.9. The van der Waals surface area contributed by atoms with Crippen molar-refractivity contribution in [3.05, 3.63) is 66.5 Å². The highest BCUT2D eigenvalue weighted by Crippen LogP contribution is 2.26. The first kappa shape index (κ1) is 19.2. The molecule has 1 atom stereocenters. The Morgan fingerprint density at radius 2 is 2.03 bits per heavy atom. The van der Waals surface area contributed by atoms with Crippen LogP contribution in [0, 0.1) is 0 Å². The lowest BCUT2D eigenvalue weighted by atomic mass is 10.0. The first-order valence-corrected chi connectivity index (χ1v) is 9.89. The van der Waals surface area contributed by atoms with Crippen LogP contribution in [0.2, 0.25) is 0 Å². The number of carbonyl (C=O) groups excluding carboxylic acids is 1. The minimum Gasteiger partial charge on any atom is -0.497 e. The van der Waals surface area contributed by atoms with E-state index in [9.17, 15) is 4.79 Å². The van der Waals surface area contributed by atoms with Crippen molar-refractivity contribution in [1.29, 1.82) is 0 Å². The molecule has 1 aromatic heterocycles. The molecule has 2 aromatic carbocycles. The van der Waals surface area contributed by atoms with Gasteiger partial charge in [0, 0.05) is 31.0 Å². The fourth-order valence-electron chi connectivity index (χ4n) is 3.87. The van der Waals surface area contributed by atoms with E-state index in [1.807, 2.05) is 68.0 Å². The van der Waals surface area contributed by atoms with Gasteiger partial charge in [-0.3, -0.25) is 14.4 Å². The Morgan fingerprint density at radius 1 is 1.21 bits per heavy atom. The number of hydrogen-bond acceptors (Lipinski definition) is 4. The Bertz CT molecular complexity index is 981. The molecule has 1 saturated heterocycles. The number of hydrogen-bond donors (Lipinski definition) is 1. The number of nitrogens with zero attached hydrogens (tertiary/aromatic N) is 3. The summed E-state index contributed by atoms with van der Waals surface area (Å²) in [6.07, 6.45) is 5.79. The second-order valence-electron chi connectivity index (χ2n) is 7.45. The van der Waals surface area contributed by atoms with Gasteiger partial charge < -0.3 is 10.1 Å². The number of benzene rings is 2. The number of likely N-dealkylation sites (tertiary alicyclic amines) is 1. The molecule has 2 heterocycles. The van der Waals surface area contributed by atoms with E-state index in [4.69, 9.17) is 4.74 Å². The van der Waals surface area contributed by atoms with Crippen LogP contribution in [0.25, 0.3) is 11.1 Å². The van der Waals surface area contributed by atoms with Gasteiger partial charge in [-0.2, -0.15) is 5.10 Å². The van der Waals surface area contributed by atoms with Crippen LogP contribution >= 0.6 is 0 Å². The third-order valence-electron chi connectivity index (χ3n) is 5.37. The van der Waals surface area contributed by atoms with E-state index < -0.39 is 0 Å². The monoisotopic (exact) mass is 390 g/mol. The van der Waals surface area contributed by atoms with Gasteiger partial charge in [0.15, 0.2) is 0 Å². The number of rotatable bonds is 6. The van der Waals surface area contributed by atoms with Gasteiger partial charge in [-0.1, -0.05) is 24.3 Å². The van der Waals surface area contributed by atoms with Crippen molar-refractivity contribution in [3.8, 4) is 16.9 Å². The summed E-state index contributed by atoms with van der Waals surface area (Å²) in [5, 5.41) is 7.30. The number of ether oxygens (including phenoxy) is 1. The van der Waals surface area contributed by atoms with E-state index in [1.165, 1.54) is 0 Å². The molecule has 0 saturated carbocycles. The minimum atomic E-state index is -0.103. The molecule has 1 amide bonds. The molecule has 0 unspecified atom stereocenters. The van der Waals surface area contributed by atoms with Crippen molar-refractivity contribution in [3.63, 3.8) is 0 Å². The number of aromatic nitrogens is 2. The van der Waals surface area contributed by atoms with Gasteiger partial charge in [-0.25, -0.2) is 0 Å². The molecular formula is C23H26N4O2. The Kier molecular flexibility index (Phi) is 5.62. The molecule has 150 valence electrons. The summed E-state index contributed by atoms with van der Waals surface area (Å²) in [6, 6.07) is 15.8. The van der Waals surface area contributed by atoms with Crippen molar-refractivity contribution >= 4 is 11.6 Å². The quantitative estimate of drug-likeness (QED) is 0.697. The number of amides is 1. The van der Waals surface area contributed by atoms with E-state index in [1.54, 1.807) is 11.8 Å². The molecular weight excluding hydrogens is 364 g/mol. The van der Waals surface area contributed by atoms with Crippen molar-refractivity contribution in [2.24, 2.45) is 7.05 Å². The maximum Gasteiger partial charge on any atom is 0.241 e. The lowest BCUT2D eigenvalue weighted by Crippen LogP contribution is -2.39. The van der Waals surface area contributed by atoms with Crippen molar-refractivity contribution < 1.29 is 9.53 Å². The lowest BCUT2D eigenvalue weighted by Gasteiger charge is -2.23. The van der Waals surface area contributed by atoms with Crippen molar-refractivity contribution in [2.75, 3.05) is 19.0 Å². The van der Waals surface area contributed by atoms with Crippen LogP contribution in [0.5, 0.6) is 5.75 Å². The number of carbonyl (C=O) groups is 1. The fraction of sp³-hybridized carbons (Fsp3) is 0.304. The molecule has 6 heteroatoms. The second kappa shape index (κ2) is 8.49. The topological polar surface area (TPSA) is 59.4 Å². The third-order valence-corrected chi connectivity index (χ3v) is 5.37. The van der Waals surface area contributed by atoms with Gasteiger partial charge in [0.25, 0.3) is 0 Å². The van der Waals surface area contributed by atoms with Gasteiger partial charge in [0.1, 0.15) is 5.75 Å². The molecule has 3 aromatic rings. The first-order valence-electron chi connectivity index (χ1n) is 9.89. The first-order chi connectivity index (χ1) is 14.1. The number of anilines is 1. The predicted molar refractivity (Wildman–Crippen MR) is 114 cm³/mol. The van der Waals surface area contributed by atoms with Gasteiger partial charge >= 0.3 is 0 Å². The Hall–Kier alpha value is -3.12. The predicted octanol–water partition coefficient (Wildman–Crippen LogP) is 3.70. The van der Waals surface area contributed by atoms with Gasteiger partial charge in [-0.05, 0) is 54.8 Å². The van der Waals surface area contributed by atoms with Crippen molar-refractivity contribution in [2.45, 2.75) is 25.4 Å². The molecule has 6 nitrogen and oxygen atoms in total. The summed E-state index contributed by atoms with van der Waals surface area (Å²) in [6.45, 7) is 1.68. The molecule has 0 spiro atoms. The molecule has 0 aliphatic carbocycles. The highest BCUT2D eigenvalue weighted by atomic mass is 16.5. The lowest BCUT2D eigenvalue weighted by molar-refractivity contribution is -0.120. The highest BCUT2D eigenvalue weighted by Gasteiger charge is 2.30. The summed E-state index contributed by atoms with van der Waals surface area (Å²) in [5.41, 5.74) is 4.12. The minimum absolute atomic E-state index is 0.0560. The molecule has 29 heavy (non-hydrogen) atoms. The molecule has 1 N–H and O–H groups in total. The summed E-state index contributed by atoms with van der Waals surface area (Å²) in [4.78, 5) is 15.1. The zero-order valence-electron chi connectivity index (χ0n) is 16.8. The largest absolute Gasteiger partial charge is 0.497 e. The normalized spacial score (nSPS) is 16.7. The molecule has 0 bridgehead atoms. The molecule has 0 radical (unpaired) electrons. The zero-order valence-corrected chi connectivity index (χ0v) is 16.8. The van der Waals surface area contributed by atoms with E-state index in [2.05, 4.69) is 15.3 Å². The van der Waals surface area contributed by atoms with Crippen LogP contribution < -0.4 is 10.1 Å². The Labute approximate surface area is 171 Å². The van der Waals surface area contributed by atoms with E-state index in [0.717, 1.165) is 54.1 Å². The summed E-state index contributed by atoms with van der Waals surface area (Å²) >= 11 is 0. The summed E-state index contributed by atoms with van der Waals surface area (Å²) in [7, 11) is 3.57. The standard InChI is InChI=1S/C23H26N4O2/c1-26-15-17(14-24-26)16-27-12-4-7-22(27)23(28)25-20-10-8-18(9-11-20)19-5-3-6-21(13-19)29-2/h3,5-6,8-11,13-15,22H,4,7,12,16H2,1-2H3,(H,25,28)/t22-/m1/s1. The van der Waals surface area contributed by atoms with E-state index >= 15 is 0 Å². The van der Waals surface area contributed by atoms with Crippen LogP contribution in [0.1, 0.15) is 18.4 Å². The Morgan fingerprint density at radius 3 is 2.76 bits per heavy atom. The van der Waals surface area contributed by atoms with Gasteiger partial charge in [-0.15, -0.1) is 0 Å². The summed E-state index contributed by atoms with van der Waals surface area (Å²) in [5.74, 6) is 0.885. The van der Waals surface area contributed by atoms with Crippen LogP contribution in [0.4, 0.5) is 5.69 Å². The van der Waals surface area contributed by atoms with E-state index in [0.29, 0.717) is 0 Å². The maximum atomic E-state index is 12.9. The van der Waals surface area contributed by atoms with Crippen molar-refractivity contribution in [1.82, 2.24) is 14.7 Å². The van der Waals surface area contributed by atoms with Gasteiger partial charge in [0.2, 0.25) is 5.91 Å². The third kappa shape index (κ3) is 4.49. The Balaban J connectivity index is 1.41. The molecule has 1 fully saturated rings. The van der Waals surface area contributed by atoms with E-state index in [-0.39, 0.29) is 11.9 Å². The number of methoxy groups -OCH3 is 1. The second-order valence-corrected chi connectivity index (χ2v) is 7.45. The van der Waals surface area contributed by atoms with Crippen LogP contribution in [-0.2, 0) is 18.4 Å². The van der Waals surface area contributed by atoms with Crippen LogP contribution in [0.15, 0.2) is 60.9 Å². The number of aryl methyl sites for hydroxylation is 1. The highest BCUT2D eigenvalue weighted by molar-refractivity contribution is 5.95. The number of nitrogens with one attached hydrogen (secondary N) is 1. The van der Waals surface area contributed by atoms with Crippen LogP contribution in [0.3, 0.4) is 0 Å². The average Bonchev–Trinajstić information content (AvgIpc) is 3.37. The van der Waals surface area contributed by atoms with Crippen LogP contribution in [-0.4, -0.2) is 40.3 Å². The fourth-order valence-corrected chi connectivity index (χ4v) is 3.87. The molecule has 1 aliphatic heterocycles. The summed E-state index contributed by atoms with van der Waals surface area (Å²) < 4.78 is 7.09. The molecule has 1 aliphatic rings. The SMILES string of the molecule is COc1cccc(-c2ccc(NC(=O)[C@H]3CCCN3Cc3cnn(C)c3)cc2)c1. The van der Waals surface area contributed by atoms with Gasteiger partial charge in [0.05, 0.1) is 19.3 Å². The molecule has 4 rings (SSSR count). The zero-order chi connectivity index (χ0) is 20.2. The average molecular weight is 390 g/mol. The smallest absolute Gasteiger partial charge is 0.241 e.